The number of aliphatic hydroxyl groups is 2. The molecule has 0 saturated carbocycles. The summed E-state index contributed by atoms with van der Waals surface area (Å²) in [6.07, 6.45) is 1.52. The van der Waals surface area contributed by atoms with Crippen LogP contribution in [-0.4, -0.2) is 32.4 Å². The second-order valence-corrected chi connectivity index (χ2v) is 6.74. The molecule has 0 bridgehead atoms. The normalized spacial score (nSPS) is 12.2. The summed E-state index contributed by atoms with van der Waals surface area (Å²) in [5.74, 6) is 0. The molecule has 151 valence electrons. The van der Waals surface area contributed by atoms with Crippen LogP contribution in [0, 0.1) is 19.9 Å². The van der Waals surface area contributed by atoms with Crippen LogP contribution in [0.1, 0.15) is 31.7 Å². The summed E-state index contributed by atoms with van der Waals surface area (Å²) in [6, 6.07) is 19.7. The Hall–Kier alpha value is -1.91. The fourth-order valence-corrected chi connectivity index (χ4v) is 2.77. The predicted octanol–water partition coefficient (Wildman–Crippen LogP) is 4.36. The van der Waals surface area contributed by atoms with Crippen LogP contribution in [0.15, 0.2) is 54.7 Å². The third-order valence-corrected chi connectivity index (χ3v) is 3.91. The quantitative estimate of drug-likeness (QED) is 0.470. The van der Waals surface area contributed by atoms with E-state index in [9.17, 15) is 0 Å². The molecule has 5 heteroatoms. The van der Waals surface area contributed by atoms with Crippen molar-refractivity contribution in [2.24, 2.45) is 0 Å². The van der Waals surface area contributed by atoms with Gasteiger partial charge in [0.15, 0.2) is 0 Å². The van der Waals surface area contributed by atoms with Gasteiger partial charge in [-0.15, -0.1) is 35.4 Å². The molecular weight excluding hydrogens is 528 g/mol. The largest absolute Gasteiger partial charge is 0.393 e. The van der Waals surface area contributed by atoms with Crippen LogP contribution in [0.3, 0.4) is 0 Å². The first kappa shape index (κ1) is 24.1. The van der Waals surface area contributed by atoms with Gasteiger partial charge in [0.2, 0.25) is 0 Å². The van der Waals surface area contributed by atoms with E-state index in [1.54, 1.807) is 20.0 Å². The summed E-state index contributed by atoms with van der Waals surface area (Å²) in [4.78, 5) is 8.96. The molecule has 2 unspecified atom stereocenters. The maximum Gasteiger partial charge on any atom is 0.0539 e. The molecule has 3 aromatic rings. The Kier molecular flexibility index (Phi) is 10.2. The first-order valence-electron chi connectivity index (χ1n) is 9.10. The average molecular weight is 556 g/mol. The zero-order valence-electron chi connectivity index (χ0n) is 16.7. The van der Waals surface area contributed by atoms with Crippen molar-refractivity contribution in [2.45, 2.75) is 46.3 Å². The third-order valence-electron chi connectivity index (χ3n) is 3.91. The van der Waals surface area contributed by atoms with Crippen molar-refractivity contribution in [1.82, 2.24) is 9.97 Å². The molecule has 0 aliphatic heterocycles. The molecule has 1 heterocycles. The van der Waals surface area contributed by atoms with Crippen LogP contribution < -0.4 is 0 Å². The number of aliphatic hydroxyl groups excluding tert-OH is 2. The van der Waals surface area contributed by atoms with Crippen LogP contribution in [0.5, 0.6) is 0 Å². The van der Waals surface area contributed by atoms with Gasteiger partial charge in [0.1, 0.15) is 0 Å². The Morgan fingerprint density at radius 1 is 0.964 bits per heavy atom. The van der Waals surface area contributed by atoms with E-state index in [-0.39, 0.29) is 32.3 Å². The minimum atomic E-state index is -0.375. The van der Waals surface area contributed by atoms with E-state index in [2.05, 4.69) is 40.3 Å². The Labute approximate surface area is 181 Å². The summed E-state index contributed by atoms with van der Waals surface area (Å²) in [7, 11) is 0. The molecule has 3 rings (SSSR count). The van der Waals surface area contributed by atoms with Gasteiger partial charge < -0.3 is 15.2 Å². The summed E-state index contributed by atoms with van der Waals surface area (Å²) in [5.41, 5.74) is 6.11. The Bertz CT molecular complexity index is 846. The molecule has 4 nitrogen and oxygen atoms in total. The van der Waals surface area contributed by atoms with Gasteiger partial charge in [0.05, 0.1) is 17.9 Å². The van der Waals surface area contributed by atoms with Crippen LogP contribution >= 0.6 is 0 Å². The van der Waals surface area contributed by atoms with E-state index >= 15 is 0 Å². The smallest absolute Gasteiger partial charge is 0.0539 e. The third kappa shape index (κ3) is 7.61. The zero-order chi connectivity index (χ0) is 19.8. The maximum atomic E-state index is 8.56. The van der Waals surface area contributed by atoms with Gasteiger partial charge in [-0.25, -0.2) is 0 Å². The van der Waals surface area contributed by atoms with E-state index in [4.69, 9.17) is 10.2 Å². The topological polar surface area (TPSA) is 66.2 Å². The molecule has 0 aliphatic rings. The second kappa shape index (κ2) is 11.8. The standard InChI is InChI=1S/C18H15N2.C5H12O2.Ir/c1-13-12-19-18(14(2)20-13)17-10-6-9-16(11-17)15-7-4-3-5-8-15;1-4(6)3-5(2)7;/h3-9,11-12H,1-2H3;4-7H,3H2,1-2H3;/q-1;;. The molecule has 2 N–H and O–H groups in total. The van der Waals surface area contributed by atoms with Crippen LogP contribution in [0.4, 0.5) is 0 Å². The molecule has 0 spiro atoms. The van der Waals surface area contributed by atoms with Gasteiger partial charge in [-0.2, -0.15) is 0 Å². The summed E-state index contributed by atoms with van der Waals surface area (Å²) in [5, 5.41) is 17.1. The minimum absolute atomic E-state index is 0. The van der Waals surface area contributed by atoms with Gasteiger partial charge in [-0.05, 0) is 39.7 Å². The van der Waals surface area contributed by atoms with Gasteiger partial charge in [-0.1, -0.05) is 30.3 Å². The van der Waals surface area contributed by atoms with Crippen molar-refractivity contribution >= 4 is 0 Å². The van der Waals surface area contributed by atoms with Crippen molar-refractivity contribution in [1.29, 1.82) is 0 Å². The first-order chi connectivity index (χ1) is 12.9. The molecule has 1 radical (unpaired) electrons. The number of hydrogen-bond donors (Lipinski definition) is 2. The van der Waals surface area contributed by atoms with Gasteiger partial charge in [0, 0.05) is 37.7 Å². The number of hydrogen-bond acceptors (Lipinski definition) is 4. The first-order valence-corrected chi connectivity index (χ1v) is 9.10. The predicted molar refractivity (Wildman–Crippen MR) is 109 cm³/mol. The van der Waals surface area contributed by atoms with Crippen molar-refractivity contribution < 1.29 is 30.3 Å². The van der Waals surface area contributed by atoms with Gasteiger partial charge in [0.25, 0.3) is 0 Å². The maximum absolute atomic E-state index is 8.56. The van der Waals surface area contributed by atoms with Crippen molar-refractivity contribution in [3.05, 3.63) is 72.2 Å². The fraction of sp³-hybridized carbons (Fsp3) is 0.304. The van der Waals surface area contributed by atoms with Crippen molar-refractivity contribution in [2.75, 3.05) is 0 Å². The molecule has 2 aromatic carbocycles. The molecule has 0 amide bonds. The van der Waals surface area contributed by atoms with E-state index in [0.717, 1.165) is 22.6 Å². The molecule has 0 saturated heterocycles. The van der Waals surface area contributed by atoms with Gasteiger partial charge in [-0.3, -0.25) is 4.98 Å². The second-order valence-electron chi connectivity index (χ2n) is 6.74. The fourth-order valence-electron chi connectivity index (χ4n) is 2.77. The van der Waals surface area contributed by atoms with Gasteiger partial charge >= 0.3 is 0 Å². The molecule has 28 heavy (non-hydrogen) atoms. The molecule has 0 fully saturated rings. The monoisotopic (exact) mass is 556 g/mol. The number of aromatic nitrogens is 2. The molecule has 1 aromatic heterocycles. The average Bonchev–Trinajstić information content (AvgIpc) is 2.62. The van der Waals surface area contributed by atoms with Crippen molar-refractivity contribution in [3.63, 3.8) is 0 Å². The SMILES string of the molecule is CC(O)CC(C)O.Cc1cnc(-c2[c-]ccc(-c3ccccc3)c2)c(C)n1.[Ir]. The Balaban J connectivity index is 0.000000425. The van der Waals surface area contributed by atoms with E-state index in [1.165, 1.54) is 11.1 Å². The van der Waals surface area contributed by atoms with E-state index in [0.29, 0.717) is 6.42 Å². The van der Waals surface area contributed by atoms with E-state index < -0.39 is 0 Å². The Morgan fingerprint density at radius 2 is 1.61 bits per heavy atom. The minimum Gasteiger partial charge on any atom is -0.393 e. The number of benzene rings is 2. The number of aryl methyl sites for hydroxylation is 2. The molecular formula is C23H27IrN2O2-. The van der Waals surface area contributed by atoms with Crippen LogP contribution in [0.2, 0.25) is 0 Å². The summed E-state index contributed by atoms with van der Waals surface area (Å²) >= 11 is 0. The van der Waals surface area contributed by atoms with Crippen LogP contribution in [0.25, 0.3) is 22.4 Å². The zero-order valence-corrected chi connectivity index (χ0v) is 19.1. The number of nitrogens with zero attached hydrogens (tertiary/aromatic N) is 2. The Morgan fingerprint density at radius 3 is 2.14 bits per heavy atom. The summed E-state index contributed by atoms with van der Waals surface area (Å²) in [6.45, 7) is 7.26. The molecule has 2 atom stereocenters. The van der Waals surface area contributed by atoms with Crippen LogP contribution in [-0.2, 0) is 20.1 Å². The van der Waals surface area contributed by atoms with Crippen molar-refractivity contribution in [3.8, 4) is 22.4 Å². The summed E-state index contributed by atoms with van der Waals surface area (Å²) < 4.78 is 0. The number of rotatable bonds is 4. The van der Waals surface area contributed by atoms with E-state index in [1.807, 2.05) is 38.1 Å². The molecule has 0 aliphatic carbocycles.